The molecule has 2 rings (SSSR count). The summed E-state index contributed by atoms with van der Waals surface area (Å²) < 4.78 is 16.0. The molecule has 1 saturated heterocycles. The number of aryl methyl sites for hydroxylation is 1. The molecule has 1 aromatic heterocycles. The van der Waals surface area contributed by atoms with Gasteiger partial charge >= 0.3 is 5.97 Å². The lowest BCUT2D eigenvalue weighted by Gasteiger charge is -2.33. The summed E-state index contributed by atoms with van der Waals surface area (Å²) >= 11 is 1.60. The van der Waals surface area contributed by atoms with Gasteiger partial charge in [0.2, 0.25) is 0 Å². The van der Waals surface area contributed by atoms with Crippen LogP contribution in [0.3, 0.4) is 0 Å². The van der Waals surface area contributed by atoms with Crippen LogP contribution in [-0.2, 0) is 31.0 Å². The third-order valence-corrected chi connectivity index (χ3v) is 4.60. The number of carbonyl (C=O) groups excluding carboxylic acids is 1. The van der Waals surface area contributed by atoms with Gasteiger partial charge in [-0.05, 0) is 6.92 Å². The Morgan fingerprint density at radius 3 is 2.90 bits per heavy atom. The molecular weight excluding hydrogens is 278 g/mol. The number of hydrogen-bond donors (Lipinski definition) is 0. The van der Waals surface area contributed by atoms with Gasteiger partial charge in [-0.25, -0.2) is 4.98 Å². The monoisotopic (exact) mass is 299 g/mol. The molecule has 0 bridgehead atoms. The molecule has 1 aliphatic heterocycles. The first kappa shape index (κ1) is 15.4. The SMILES string of the molecule is CCOC(=O)CCc1csc(C2(OC)CCOCC2)n1. The summed E-state index contributed by atoms with van der Waals surface area (Å²) in [5, 5.41) is 2.99. The van der Waals surface area contributed by atoms with Crippen molar-refractivity contribution in [2.24, 2.45) is 0 Å². The molecule has 5 nitrogen and oxygen atoms in total. The number of carbonyl (C=O) groups is 1. The largest absolute Gasteiger partial charge is 0.466 e. The van der Waals surface area contributed by atoms with E-state index in [1.54, 1.807) is 18.4 Å². The minimum absolute atomic E-state index is 0.172. The van der Waals surface area contributed by atoms with Crippen LogP contribution in [0.25, 0.3) is 0 Å². The Kier molecular flexibility index (Phi) is 5.51. The van der Waals surface area contributed by atoms with Crippen molar-refractivity contribution in [3.05, 3.63) is 16.1 Å². The van der Waals surface area contributed by atoms with E-state index in [9.17, 15) is 4.79 Å². The molecule has 1 aliphatic rings. The van der Waals surface area contributed by atoms with Crippen LogP contribution in [-0.4, -0.2) is 37.9 Å². The number of rotatable bonds is 6. The molecule has 0 unspecified atom stereocenters. The Hall–Kier alpha value is -0.980. The number of esters is 1. The fourth-order valence-electron chi connectivity index (χ4n) is 2.30. The summed E-state index contributed by atoms with van der Waals surface area (Å²) in [5.41, 5.74) is 0.617. The Morgan fingerprint density at radius 2 is 2.25 bits per heavy atom. The van der Waals surface area contributed by atoms with Crippen LogP contribution in [0.1, 0.15) is 36.9 Å². The summed E-state index contributed by atoms with van der Waals surface area (Å²) in [6.45, 7) is 3.64. The van der Waals surface area contributed by atoms with Crippen LogP contribution >= 0.6 is 11.3 Å². The molecule has 0 spiro atoms. The van der Waals surface area contributed by atoms with E-state index in [1.165, 1.54) is 0 Å². The van der Waals surface area contributed by atoms with Crippen LogP contribution in [0.4, 0.5) is 0 Å². The van der Waals surface area contributed by atoms with Crippen molar-refractivity contribution >= 4 is 17.3 Å². The Morgan fingerprint density at radius 1 is 1.50 bits per heavy atom. The van der Waals surface area contributed by atoms with Gasteiger partial charge in [-0.2, -0.15) is 0 Å². The topological polar surface area (TPSA) is 57.7 Å². The first-order valence-corrected chi connectivity index (χ1v) is 7.81. The minimum atomic E-state index is -0.314. The summed E-state index contributed by atoms with van der Waals surface area (Å²) in [5.74, 6) is -0.172. The van der Waals surface area contributed by atoms with Crippen molar-refractivity contribution < 1.29 is 19.0 Å². The fourth-order valence-corrected chi connectivity index (χ4v) is 3.39. The number of hydrogen-bond acceptors (Lipinski definition) is 6. The number of aromatic nitrogens is 1. The van der Waals surface area contributed by atoms with Crippen LogP contribution in [0.5, 0.6) is 0 Å². The number of ether oxygens (including phenoxy) is 3. The maximum absolute atomic E-state index is 11.4. The van der Waals surface area contributed by atoms with Crippen molar-refractivity contribution in [2.45, 2.75) is 38.2 Å². The van der Waals surface area contributed by atoms with Gasteiger partial charge in [0.05, 0.1) is 18.7 Å². The summed E-state index contributed by atoms with van der Waals surface area (Å²) in [6.07, 6.45) is 2.65. The molecule has 6 heteroatoms. The second kappa shape index (κ2) is 7.15. The molecule has 112 valence electrons. The zero-order chi connectivity index (χ0) is 14.4. The van der Waals surface area contributed by atoms with Gasteiger partial charge in [0.25, 0.3) is 0 Å². The highest BCUT2D eigenvalue weighted by Crippen LogP contribution is 2.37. The maximum atomic E-state index is 11.4. The Labute approximate surface area is 123 Å². The molecule has 0 aromatic carbocycles. The first-order valence-electron chi connectivity index (χ1n) is 6.93. The summed E-state index contributed by atoms with van der Waals surface area (Å²) in [4.78, 5) is 16.0. The maximum Gasteiger partial charge on any atom is 0.306 e. The van der Waals surface area contributed by atoms with E-state index in [0.29, 0.717) is 32.7 Å². The molecule has 1 fully saturated rings. The van der Waals surface area contributed by atoms with Crippen LogP contribution in [0.15, 0.2) is 5.38 Å². The Bertz CT molecular complexity index is 440. The molecule has 0 atom stereocenters. The van der Waals surface area contributed by atoms with Gasteiger partial charge in [0.15, 0.2) is 0 Å². The van der Waals surface area contributed by atoms with Crippen LogP contribution < -0.4 is 0 Å². The van der Waals surface area contributed by atoms with Gasteiger partial charge in [-0.1, -0.05) is 0 Å². The quantitative estimate of drug-likeness (QED) is 0.754. The van der Waals surface area contributed by atoms with E-state index < -0.39 is 0 Å². The van der Waals surface area contributed by atoms with Crippen LogP contribution in [0.2, 0.25) is 0 Å². The highest BCUT2D eigenvalue weighted by Gasteiger charge is 2.37. The predicted octanol–water partition coefficient (Wildman–Crippen LogP) is 2.29. The van der Waals surface area contributed by atoms with E-state index >= 15 is 0 Å². The standard InChI is InChI=1S/C14H21NO4S/c1-3-19-12(16)5-4-11-10-20-13(15-11)14(17-2)6-8-18-9-7-14/h10H,3-9H2,1-2H3. The highest BCUT2D eigenvalue weighted by atomic mass is 32.1. The smallest absolute Gasteiger partial charge is 0.306 e. The lowest BCUT2D eigenvalue weighted by molar-refractivity contribution is -0.143. The highest BCUT2D eigenvalue weighted by molar-refractivity contribution is 7.09. The van der Waals surface area contributed by atoms with E-state index in [0.717, 1.165) is 23.5 Å². The van der Waals surface area contributed by atoms with E-state index in [1.807, 2.05) is 12.3 Å². The summed E-state index contributed by atoms with van der Waals surface area (Å²) in [7, 11) is 1.73. The predicted molar refractivity (Wildman–Crippen MR) is 75.8 cm³/mol. The van der Waals surface area contributed by atoms with Crippen molar-refractivity contribution in [1.82, 2.24) is 4.98 Å². The first-order chi connectivity index (χ1) is 9.70. The Balaban J connectivity index is 1.98. The van der Waals surface area contributed by atoms with Crippen molar-refractivity contribution in [3.8, 4) is 0 Å². The second-order valence-corrected chi connectivity index (χ2v) is 5.62. The van der Waals surface area contributed by atoms with Gasteiger partial charge in [-0.15, -0.1) is 11.3 Å². The molecule has 1 aromatic rings. The lowest BCUT2D eigenvalue weighted by Crippen LogP contribution is -2.35. The van der Waals surface area contributed by atoms with Crippen LogP contribution in [0, 0.1) is 0 Å². The van der Waals surface area contributed by atoms with Gasteiger partial charge in [0.1, 0.15) is 10.6 Å². The number of nitrogens with zero attached hydrogens (tertiary/aromatic N) is 1. The van der Waals surface area contributed by atoms with Gasteiger partial charge in [0, 0.05) is 45.0 Å². The average molecular weight is 299 g/mol. The number of thiazole rings is 1. The molecule has 0 amide bonds. The molecule has 0 N–H and O–H groups in total. The average Bonchev–Trinajstić information content (AvgIpc) is 2.96. The molecule has 20 heavy (non-hydrogen) atoms. The zero-order valence-corrected chi connectivity index (χ0v) is 12.8. The third kappa shape index (κ3) is 3.56. The molecule has 0 aliphatic carbocycles. The fraction of sp³-hybridized carbons (Fsp3) is 0.714. The van der Waals surface area contributed by atoms with Crippen molar-refractivity contribution in [1.29, 1.82) is 0 Å². The van der Waals surface area contributed by atoms with E-state index in [4.69, 9.17) is 14.2 Å². The summed E-state index contributed by atoms with van der Waals surface area (Å²) in [6, 6.07) is 0. The van der Waals surface area contributed by atoms with E-state index in [2.05, 4.69) is 4.98 Å². The number of methoxy groups -OCH3 is 1. The lowest BCUT2D eigenvalue weighted by atomic mass is 9.95. The molecule has 2 heterocycles. The van der Waals surface area contributed by atoms with Crippen molar-refractivity contribution in [3.63, 3.8) is 0 Å². The van der Waals surface area contributed by atoms with Gasteiger partial charge < -0.3 is 14.2 Å². The molecule has 0 saturated carbocycles. The second-order valence-electron chi connectivity index (χ2n) is 4.76. The minimum Gasteiger partial charge on any atom is -0.466 e. The molecule has 0 radical (unpaired) electrons. The molecular formula is C14H21NO4S. The van der Waals surface area contributed by atoms with Crippen molar-refractivity contribution in [2.75, 3.05) is 26.9 Å². The van der Waals surface area contributed by atoms with Gasteiger partial charge in [-0.3, -0.25) is 4.79 Å². The van der Waals surface area contributed by atoms with E-state index in [-0.39, 0.29) is 11.6 Å². The zero-order valence-electron chi connectivity index (χ0n) is 12.0. The normalized spacial score (nSPS) is 17.9. The third-order valence-electron chi connectivity index (χ3n) is 3.52.